The van der Waals surface area contributed by atoms with E-state index in [2.05, 4.69) is 10.3 Å². The number of hydrogen-bond donors (Lipinski definition) is 1. The van der Waals surface area contributed by atoms with E-state index in [9.17, 15) is 8.42 Å². The average molecular weight is 334 g/mol. The van der Waals surface area contributed by atoms with Crippen LogP contribution in [0.15, 0.2) is 4.99 Å². The molecular weight excluding hydrogens is 312 g/mol. The van der Waals surface area contributed by atoms with Gasteiger partial charge in [-0.1, -0.05) is 6.92 Å². The Bertz CT molecular complexity index is 589. The first kappa shape index (κ1) is 16.1. The van der Waals surface area contributed by atoms with Crippen molar-refractivity contribution in [3.8, 4) is 0 Å². The van der Waals surface area contributed by atoms with E-state index in [4.69, 9.17) is 18.4 Å². The van der Waals surface area contributed by atoms with Crippen molar-refractivity contribution >= 4 is 16.0 Å². The Morgan fingerprint density at radius 2 is 2.14 bits per heavy atom. The molecule has 2 saturated heterocycles. The summed E-state index contributed by atoms with van der Waals surface area (Å²) in [7, 11) is -3.74. The maximum absolute atomic E-state index is 11.8. The number of amidine groups is 1. The van der Waals surface area contributed by atoms with E-state index < -0.39 is 40.0 Å². The van der Waals surface area contributed by atoms with Crippen LogP contribution < -0.4 is 5.32 Å². The minimum atomic E-state index is -3.74. The summed E-state index contributed by atoms with van der Waals surface area (Å²) in [5.41, 5.74) is -1.30. The van der Waals surface area contributed by atoms with E-state index in [-0.39, 0.29) is 0 Å². The lowest BCUT2D eigenvalue weighted by molar-refractivity contribution is -0.215. The summed E-state index contributed by atoms with van der Waals surface area (Å²) < 4.78 is 46.6. The molecule has 1 N–H and O–H groups in total. The van der Waals surface area contributed by atoms with Gasteiger partial charge in [0.2, 0.25) is 5.60 Å². The Kier molecular flexibility index (Phi) is 3.76. The summed E-state index contributed by atoms with van der Waals surface area (Å²) in [5.74, 6) is -0.411. The summed E-state index contributed by atoms with van der Waals surface area (Å²) in [4.78, 5) is 4.38. The Labute approximate surface area is 130 Å². The van der Waals surface area contributed by atoms with Gasteiger partial charge in [0.25, 0.3) is 10.1 Å². The molecule has 0 radical (unpaired) electrons. The second-order valence-corrected chi connectivity index (χ2v) is 7.82. The maximum Gasteiger partial charge on any atom is 0.265 e. The van der Waals surface area contributed by atoms with Crippen LogP contribution in [0, 0.1) is 0 Å². The molecule has 0 aromatic heterocycles. The van der Waals surface area contributed by atoms with Crippen LogP contribution in [0.3, 0.4) is 0 Å². The first-order chi connectivity index (χ1) is 10.2. The highest BCUT2D eigenvalue weighted by atomic mass is 32.2. The molecule has 0 amide bonds. The zero-order chi connectivity index (χ0) is 16.2. The molecular formula is C13H22N2O6S. The van der Waals surface area contributed by atoms with Gasteiger partial charge in [0, 0.05) is 6.54 Å². The Balaban J connectivity index is 1.98. The molecule has 22 heavy (non-hydrogen) atoms. The molecule has 3 heterocycles. The fourth-order valence-corrected chi connectivity index (χ4v) is 3.94. The highest BCUT2D eigenvalue weighted by Gasteiger charge is 2.70. The lowest BCUT2D eigenvalue weighted by Crippen LogP contribution is -2.59. The van der Waals surface area contributed by atoms with Gasteiger partial charge in [-0.05, 0) is 20.3 Å². The van der Waals surface area contributed by atoms with E-state index in [1.165, 1.54) is 0 Å². The first-order valence-corrected chi connectivity index (χ1v) is 9.20. The van der Waals surface area contributed by atoms with Crippen molar-refractivity contribution in [1.82, 2.24) is 5.32 Å². The smallest absolute Gasteiger partial charge is 0.265 e. The molecule has 0 spiro atoms. The molecule has 3 rings (SSSR count). The standard InChI is InChI=1S/C13H22N2O6S/c1-5-6-14-11-13(21-22(4,16)17)8(7-15-11)18-10-9(13)19-12(2,3)20-10/h8-10H,5-7H2,1-4H3,(H,14,15)/t8-,9+,10-,13-/m1/s1. The Hall–Kier alpha value is -0.740. The van der Waals surface area contributed by atoms with Crippen LogP contribution in [0.1, 0.15) is 27.2 Å². The molecule has 126 valence electrons. The van der Waals surface area contributed by atoms with Gasteiger partial charge >= 0.3 is 0 Å². The Morgan fingerprint density at radius 1 is 1.41 bits per heavy atom. The predicted octanol–water partition coefficient (Wildman–Crippen LogP) is -0.0105. The van der Waals surface area contributed by atoms with Gasteiger partial charge in [0.15, 0.2) is 18.2 Å². The number of hydrogen-bond acceptors (Lipinski definition) is 8. The van der Waals surface area contributed by atoms with Crippen LogP contribution in [-0.2, 0) is 28.5 Å². The number of nitrogens with zero attached hydrogens (tertiary/aromatic N) is 1. The summed E-state index contributed by atoms with van der Waals surface area (Å²) in [6.45, 7) is 6.48. The minimum Gasteiger partial charge on any atom is -0.371 e. The number of rotatable bonds is 4. The molecule has 3 aliphatic heterocycles. The molecule has 0 aromatic rings. The van der Waals surface area contributed by atoms with Crippen LogP contribution >= 0.6 is 0 Å². The molecule has 0 saturated carbocycles. The molecule has 0 aromatic carbocycles. The summed E-state index contributed by atoms with van der Waals surface area (Å²) in [6, 6.07) is 0. The van der Waals surface area contributed by atoms with Gasteiger partial charge in [0.1, 0.15) is 11.9 Å². The fourth-order valence-electron chi connectivity index (χ4n) is 3.16. The third-order valence-corrected chi connectivity index (χ3v) is 4.45. The minimum absolute atomic E-state index is 0.307. The second-order valence-electron chi connectivity index (χ2n) is 6.25. The van der Waals surface area contributed by atoms with Crippen molar-refractivity contribution in [2.45, 2.75) is 57.1 Å². The highest BCUT2D eigenvalue weighted by molar-refractivity contribution is 7.86. The lowest BCUT2D eigenvalue weighted by Gasteiger charge is -2.33. The van der Waals surface area contributed by atoms with E-state index in [0.29, 0.717) is 18.9 Å². The van der Waals surface area contributed by atoms with Gasteiger partial charge < -0.3 is 19.5 Å². The van der Waals surface area contributed by atoms with Crippen molar-refractivity contribution in [2.24, 2.45) is 4.99 Å². The van der Waals surface area contributed by atoms with Crippen molar-refractivity contribution < 1.29 is 26.8 Å². The third-order valence-electron chi connectivity index (χ3n) is 3.87. The fraction of sp³-hybridized carbons (Fsp3) is 0.923. The van der Waals surface area contributed by atoms with Gasteiger partial charge in [0.05, 0.1) is 12.8 Å². The van der Waals surface area contributed by atoms with Gasteiger partial charge in [-0.2, -0.15) is 8.42 Å². The molecule has 9 heteroatoms. The molecule has 0 bridgehead atoms. The molecule has 3 aliphatic rings. The molecule has 0 aliphatic carbocycles. The normalized spacial score (nSPS) is 39.5. The van der Waals surface area contributed by atoms with Crippen molar-refractivity contribution in [3.05, 3.63) is 0 Å². The highest BCUT2D eigenvalue weighted by Crippen LogP contribution is 2.48. The summed E-state index contributed by atoms with van der Waals surface area (Å²) >= 11 is 0. The number of aliphatic imine (C=N–C) groups is 1. The topological polar surface area (TPSA) is 95.5 Å². The van der Waals surface area contributed by atoms with Gasteiger partial charge in [-0.15, -0.1) is 0 Å². The van der Waals surface area contributed by atoms with Gasteiger partial charge in [-0.3, -0.25) is 4.99 Å². The van der Waals surface area contributed by atoms with Crippen LogP contribution in [-0.4, -0.2) is 63.5 Å². The lowest BCUT2D eigenvalue weighted by atomic mass is 9.93. The SMILES string of the molecule is CCCNC1=NC[C@H]2O[C@@H]3OC(C)(C)O[C@@H]3[C@@]12OS(C)(=O)=O. The van der Waals surface area contributed by atoms with E-state index in [0.717, 1.165) is 12.7 Å². The number of nitrogens with one attached hydrogen (secondary N) is 1. The van der Waals surface area contributed by atoms with Gasteiger partial charge in [-0.25, -0.2) is 4.18 Å². The molecule has 8 nitrogen and oxygen atoms in total. The largest absolute Gasteiger partial charge is 0.371 e. The van der Waals surface area contributed by atoms with E-state index in [1.807, 2.05) is 6.92 Å². The van der Waals surface area contributed by atoms with E-state index >= 15 is 0 Å². The number of fused-ring (bicyclic) bond motifs is 3. The zero-order valence-electron chi connectivity index (χ0n) is 13.2. The number of ether oxygens (including phenoxy) is 3. The molecule has 2 fully saturated rings. The zero-order valence-corrected chi connectivity index (χ0v) is 14.0. The maximum atomic E-state index is 11.8. The van der Waals surface area contributed by atoms with E-state index in [1.54, 1.807) is 13.8 Å². The third kappa shape index (κ3) is 2.54. The summed E-state index contributed by atoms with van der Waals surface area (Å²) in [5, 5.41) is 3.15. The summed E-state index contributed by atoms with van der Waals surface area (Å²) in [6.07, 6.45) is -0.0181. The quantitative estimate of drug-likeness (QED) is 0.722. The second kappa shape index (κ2) is 5.13. The van der Waals surface area contributed by atoms with Crippen molar-refractivity contribution in [1.29, 1.82) is 0 Å². The van der Waals surface area contributed by atoms with Crippen molar-refractivity contribution in [2.75, 3.05) is 19.3 Å². The average Bonchev–Trinajstić information content (AvgIpc) is 2.92. The van der Waals surface area contributed by atoms with Crippen LogP contribution in [0.5, 0.6) is 0 Å². The van der Waals surface area contributed by atoms with Crippen LogP contribution in [0.2, 0.25) is 0 Å². The van der Waals surface area contributed by atoms with Crippen LogP contribution in [0.25, 0.3) is 0 Å². The van der Waals surface area contributed by atoms with Crippen molar-refractivity contribution in [3.63, 3.8) is 0 Å². The first-order valence-electron chi connectivity index (χ1n) is 7.38. The van der Waals surface area contributed by atoms with Crippen LogP contribution in [0.4, 0.5) is 0 Å². The predicted molar refractivity (Wildman–Crippen MR) is 78.0 cm³/mol. The Morgan fingerprint density at radius 3 is 2.77 bits per heavy atom. The monoisotopic (exact) mass is 334 g/mol. The molecule has 0 unspecified atom stereocenters. The molecule has 4 atom stereocenters.